The fraction of sp³-hybridized carbons (Fsp3) is 0.238. The molecule has 1 aliphatic heterocycles. The molecule has 0 atom stereocenters. The molecule has 0 bridgehead atoms. The lowest BCUT2D eigenvalue weighted by atomic mass is 10.1. The molecule has 1 amide bonds. The summed E-state index contributed by atoms with van der Waals surface area (Å²) in [6.07, 6.45) is 2.64. The largest absolute Gasteiger partial charge is 0.493 e. The second-order valence-corrected chi connectivity index (χ2v) is 7.14. The van der Waals surface area contributed by atoms with E-state index in [0.29, 0.717) is 39.6 Å². The summed E-state index contributed by atoms with van der Waals surface area (Å²) in [6, 6.07) is 10.8. The number of hydrogen-bond donors (Lipinski definition) is 1. The van der Waals surface area contributed by atoms with Gasteiger partial charge in [-0.15, -0.1) is 0 Å². The summed E-state index contributed by atoms with van der Waals surface area (Å²) in [5.74, 6) is 1.06. The number of hydrogen-bond acceptors (Lipinski definition) is 4. The first-order chi connectivity index (χ1) is 13.4. The second-order valence-electron chi connectivity index (χ2n) is 6.32. The van der Waals surface area contributed by atoms with Gasteiger partial charge in [0.1, 0.15) is 5.70 Å². The van der Waals surface area contributed by atoms with Gasteiger partial charge < -0.3 is 14.8 Å². The first kappa shape index (κ1) is 20.2. The van der Waals surface area contributed by atoms with E-state index in [2.05, 4.69) is 5.32 Å². The van der Waals surface area contributed by atoms with Crippen molar-refractivity contribution >= 4 is 46.6 Å². The van der Waals surface area contributed by atoms with Gasteiger partial charge in [0.25, 0.3) is 5.91 Å². The normalized spacial score (nSPS) is 15.1. The molecule has 0 aliphatic carbocycles. The van der Waals surface area contributed by atoms with E-state index in [1.54, 1.807) is 31.4 Å². The molecule has 1 aliphatic rings. The third kappa shape index (κ3) is 4.13. The minimum atomic E-state index is -0.220. The number of nitrogens with zero attached hydrogens (tertiary/aromatic N) is 1. The molecule has 1 fully saturated rings. The van der Waals surface area contributed by atoms with Crippen LogP contribution in [0.1, 0.15) is 24.5 Å². The molecule has 0 aromatic heterocycles. The number of carbonyl (C=O) groups excluding carboxylic acids is 1. The van der Waals surface area contributed by atoms with Gasteiger partial charge in [-0.2, -0.15) is 0 Å². The van der Waals surface area contributed by atoms with Crippen molar-refractivity contribution in [3.05, 3.63) is 58.2 Å². The Kier molecular flexibility index (Phi) is 6.21. The van der Waals surface area contributed by atoms with Crippen molar-refractivity contribution in [2.45, 2.75) is 20.3 Å². The minimum Gasteiger partial charge on any atom is -0.493 e. The summed E-state index contributed by atoms with van der Waals surface area (Å²) >= 11 is 11.4. The van der Waals surface area contributed by atoms with Gasteiger partial charge >= 0.3 is 0 Å². The maximum absolute atomic E-state index is 13.0. The van der Waals surface area contributed by atoms with Gasteiger partial charge in [0.05, 0.1) is 19.4 Å². The lowest BCUT2D eigenvalue weighted by molar-refractivity contribution is -0.113. The van der Waals surface area contributed by atoms with Crippen LogP contribution in [0, 0.1) is 6.92 Å². The fourth-order valence-electron chi connectivity index (χ4n) is 2.90. The highest BCUT2D eigenvalue weighted by molar-refractivity contribution is 7.80. The van der Waals surface area contributed by atoms with Gasteiger partial charge in [-0.25, -0.2) is 0 Å². The van der Waals surface area contributed by atoms with Crippen molar-refractivity contribution in [3.8, 4) is 11.5 Å². The van der Waals surface area contributed by atoms with Crippen molar-refractivity contribution in [1.82, 2.24) is 5.32 Å². The second kappa shape index (κ2) is 8.63. The van der Waals surface area contributed by atoms with Crippen molar-refractivity contribution in [2.75, 3.05) is 18.6 Å². The first-order valence-corrected chi connectivity index (χ1v) is 9.67. The quantitative estimate of drug-likeness (QED) is 0.546. The van der Waals surface area contributed by atoms with Crippen LogP contribution < -0.4 is 19.7 Å². The van der Waals surface area contributed by atoms with Gasteiger partial charge in [-0.3, -0.25) is 9.69 Å². The summed E-state index contributed by atoms with van der Waals surface area (Å²) < 4.78 is 11.1. The zero-order valence-corrected chi connectivity index (χ0v) is 17.5. The molecular weight excluding hydrogens is 396 g/mol. The number of nitrogens with one attached hydrogen (secondary N) is 1. The number of aryl methyl sites for hydroxylation is 1. The number of rotatable bonds is 6. The third-order valence-corrected chi connectivity index (χ3v) is 4.76. The minimum absolute atomic E-state index is 0.220. The van der Waals surface area contributed by atoms with Crippen molar-refractivity contribution in [1.29, 1.82) is 0 Å². The lowest BCUT2D eigenvalue weighted by Crippen LogP contribution is -2.30. The maximum Gasteiger partial charge on any atom is 0.281 e. The van der Waals surface area contributed by atoms with Crippen LogP contribution in [-0.2, 0) is 4.79 Å². The summed E-state index contributed by atoms with van der Waals surface area (Å²) in [5, 5.41) is 3.94. The average molecular weight is 417 g/mol. The van der Waals surface area contributed by atoms with E-state index in [-0.39, 0.29) is 5.91 Å². The molecule has 146 valence electrons. The average Bonchev–Trinajstić information content (AvgIpc) is 2.94. The van der Waals surface area contributed by atoms with Crippen LogP contribution in [0.3, 0.4) is 0 Å². The summed E-state index contributed by atoms with van der Waals surface area (Å²) in [4.78, 5) is 14.4. The smallest absolute Gasteiger partial charge is 0.281 e. The number of carbonyl (C=O) groups is 1. The lowest BCUT2D eigenvalue weighted by Gasteiger charge is -2.16. The van der Waals surface area contributed by atoms with E-state index in [4.69, 9.17) is 33.3 Å². The molecule has 0 spiro atoms. The Balaban J connectivity index is 1.91. The molecule has 5 nitrogen and oxygen atoms in total. The number of methoxy groups -OCH3 is 1. The maximum atomic E-state index is 13.0. The van der Waals surface area contributed by atoms with Crippen molar-refractivity contribution < 1.29 is 14.3 Å². The standard InChI is InChI=1S/C21H21ClN2O3S/c1-4-9-27-19-12-14(5-8-18(19)26-3)11-16-20(25)24(21(28)23-16)17-7-6-15(22)10-13(17)2/h5-8,10-12H,4,9H2,1-3H3,(H,23,28)/b16-11-. The van der Waals surface area contributed by atoms with Crippen LogP contribution in [0.5, 0.6) is 11.5 Å². The highest BCUT2D eigenvalue weighted by Crippen LogP contribution is 2.31. The molecular formula is C21H21ClN2O3S. The van der Waals surface area contributed by atoms with Crippen molar-refractivity contribution in [2.24, 2.45) is 0 Å². The van der Waals surface area contributed by atoms with E-state index in [1.807, 2.05) is 32.0 Å². The Morgan fingerprint density at radius 1 is 1.21 bits per heavy atom. The molecule has 1 heterocycles. The van der Waals surface area contributed by atoms with Crippen LogP contribution >= 0.6 is 23.8 Å². The predicted molar refractivity (Wildman–Crippen MR) is 116 cm³/mol. The molecule has 2 aromatic carbocycles. The molecule has 7 heteroatoms. The van der Waals surface area contributed by atoms with Gasteiger partial charge in [-0.1, -0.05) is 24.6 Å². The fourth-order valence-corrected chi connectivity index (χ4v) is 3.42. The Hall–Kier alpha value is -2.57. The van der Waals surface area contributed by atoms with Gasteiger partial charge in [0.2, 0.25) is 0 Å². The number of ether oxygens (including phenoxy) is 2. The monoisotopic (exact) mass is 416 g/mol. The van der Waals surface area contributed by atoms with Gasteiger partial charge in [0, 0.05) is 5.02 Å². The number of thiocarbonyl (C=S) groups is 1. The van der Waals surface area contributed by atoms with E-state index in [0.717, 1.165) is 17.5 Å². The molecule has 2 aromatic rings. The number of halogens is 1. The predicted octanol–water partition coefficient (Wildman–Crippen LogP) is 4.71. The van der Waals surface area contributed by atoms with Gasteiger partial charge in [0.15, 0.2) is 16.6 Å². The Morgan fingerprint density at radius 3 is 2.68 bits per heavy atom. The molecule has 1 N–H and O–H groups in total. The van der Waals surface area contributed by atoms with Crippen LogP contribution in [0.15, 0.2) is 42.1 Å². The zero-order chi connectivity index (χ0) is 20.3. The number of anilines is 1. The van der Waals surface area contributed by atoms with Crippen LogP contribution in [0.25, 0.3) is 6.08 Å². The molecule has 28 heavy (non-hydrogen) atoms. The van der Waals surface area contributed by atoms with Crippen LogP contribution in [0.2, 0.25) is 5.02 Å². The van der Waals surface area contributed by atoms with E-state index >= 15 is 0 Å². The molecule has 3 rings (SSSR count). The van der Waals surface area contributed by atoms with E-state index in [1.165, 1.54) is 4.90 Å². The SMILES string of the molecule is CCCOc1cc(/C=C2\NC(=S)N(c3ccc(Cl)cc3C)C2=O)ccc1OC. The zero-order valence-electron chi connectivity index (χ0n) is 15.9. The van der Waals surface area contributed by atoms with E-state index in [9.17, 15) is 4.79 Å². The number of benzene rings is 2. The Bertz CT molecular complexity index is 959. The molecule has 1 saturated heterocycles. The highest BCUT2D eigenvalue weighted by atomic mass is 35.5. The molecule has 0 radical (unpaired) electrons. The van der Waals surface area contributed by atoms with E-state index < -0.39 is 0 Å². The summed E-state index contributed by atoms with van der Waals surface area (Å²) in [7, 11) is 1.60. The third-order valence-electron chi connectivity index (χ3n) is 4.24. The van der Waals surface area contributed by atoms with Gasteiger partial charge in [-0.05, 0) is 73.1 Å². The van der Waals surface area contributed by atoms with Crippen LogP contribution in [-0.4, -0.2) is 24.7 Å². The first-order valence-electron chi connectivity index (χ1n) is 8.88. The summed E-state index contributed by atoms with van der Waals surface area (Å²) in [5.41, 5.74) is 2.77. The number of amides is 1. The Morgan fingerprint density at radius 2 is 2.00 bits per heavy atom. The highest BCUT2D eigenvalue weighted by Gasteiger charge is 2.32. The van der Waals surface area contributed by atoms with Crippen molar-refractivity contribution in [3.63, 3.8) is 0 Å². The Labute approximate surface area is 174 Å². The molecule has 0 unspecified atom stereocenters. The molecule has 0 saturated carbocycles. The van der Waals surface area contributed by atoms with Crippen LogP contribution in [0.4, 0.5) is 5.69 Å². The summed E-state index contributed by atoms with van der Waals surface area (Å²) in [6.45, 7) is 4.51. The topological polar surface area (TPSA) is 50.8 Å².